The quantitative estimate of drug-likeness (QED) is 0.918. The lowest BCUT2D eigenvalue weighted by Gasteiger charge is -2.32. The molecule has 0 saturated carbocycles. The first-order valence-corrected chi connectivity index (χ1v) is 8.56. The molecule has 6 heteroatoms. The minimum absolute atomic E-state index is 0.00399. The number of carbonyl (C=O) groups is 1. The van der Waals surface area contributed by atoms with Gasteiger partial charge in [0.2, 0.25) is 5.91 Å². The molecule has 2 saturated heterocycles. The van der Waals surface area contributed by atoms with Crippen LogP contribution in [-0.4, -0.2) is 42.6 Å². The maximum Gasteiger partial charge on any atom is 0.225 e. The number of nitrogens with zero attached hydrogens (tertiary/aromatic N) is 1. The number of nitrogens with one attached hydrogen (secondary N) is 1. The van der Waals surface area contributed by atoms with Gasteiger partial charge in [0, 0.05) is 25.2 Å². The predicted molar refractivity (Wildman–Crippen MR) is 86.4 cm³/mol. The highest BCUT2D eigenvalue weighted by Gasteiger charge is 2.39. The van der Waals surface area contributed by atoms with Crippen molar-refractivity contribution in [2.75, 3.05) is 19.8 Å². The Bertz CT molecular complexity index is 603. The SMILES string of the molecule is CC(C)N1CCC(NC(=O)C2CCOC2)C1c1ccc(F)c(F)c1. The number of benzene rings is 1. The molecule has 2 aliphatic rings. The van der Waals surface area contributed by atoms with Crippen LogP contribution in [0.2, 0.25) is 0 Å². The van der Waals surface area contributed by atoms with Crippen molar-refractivity contribution in [1.82, 2.24) is 10.2 Å². The lowest BCUT2D eigenvalue weighted by molar-refractivity contribution is -0.125. The summed E-state index contributed by atoms with van der Waals surface area (Å²) in [6, 6.07) is 4.02. The van der Waals surface area contributed by atoms with E-state index in [-0.39, 0.29) is 30.0 Å². The second-order valence-electron chi connectivity index (χ2n) is 6.91. The van der Waals surface area contributed by atoms with Crippen LogP contribution in [-0.2, 0) is 9.53 Å². The first-order chi connectivity index (χ1) is 11.5. The lowest BCUT2D eigenvalue weighted by Crippen LogP contribution is -2.43. The molecule has 132 valence electrons. The van der Waals surface area contributed by atoms with Crippen LogP contribution in [0, 0.1) is 17.6 Å². The van der Waals surface area contributed by atoms with E-state index in [1.807, 2.05) is 0 Å². The molecule has 2 aliphatic heterocycles. The van der Waals surface area contributed by atoms with E-state index >= 15 is 0 Å². The van der Waals surface area contributed by atoms with Crippen LogP contribution in [0.3, 0.4) is 0 Å². The zero-order valence-corrected chi connectivity index (χ0v) is 14.1. The van der Waals surface area contributed by atoms with E-state index < -0.39 is 11.6 Å². The molecule has 0 aromatic heterocycles. The Labute approximate surface area is 141 Å². The molecule has 1 N–H and O–H groups in total. The molecule has 1 amide bonds. The first kappa shape index (κ1) is 17.3. The largest absolute Gasteiger partial charge is 0.381 e. The van der Waals surface area contributed by atoms with Crippen molar-refractivity contribution in [3.05, 3.63) is 35.4 Å². The highest BCUT2D eigenvalue weighted by Crippen LogP contribution is 2.35. The number of ether oxygens (including phenoxy) is 1. The predicted octanol–water partition coefficient (Wildman–Crippen LogP) is 2.64. The molecular formula is C18H24F2N2O2. The van der Waals surface area contributed by atoms with Gasteiger partial charge in [-0.2, -0.15) is 0 Å². The van der Waals surface area contributed by atoms with Gasteiger partial charge >= 0.3 is 0 Å². The maximum atomic E-state index is 13.7. The minimum atomic E-state index is -0.850. The lowest BCUT2D eigenvalue weighted by atomic mass is 9.98. The van der Waals surface area contributed by atoms with Crippen LogP contribution in [0.1, 0.15) is 38.3 Å². The number of carbonyl (C=O) groups excluding carboxylic acids is 1. The zero-order chi connectivity index (χ0) is 17.3. The molecule has 3 unspecified atom stereocenters. The molecule has 0 radical (unpaired) electrons. The van der Waals surface area contributed by atoms with Gasteiger partial charge < -0.3 is 10.1 Å². The molecule has 24 heavy (non-hydrogen) atoms. The van der Waals surface area contributed by atoms with E-state index in [2.05, 4.69) is 24.1 Å². The average Bonchev–Trinajstić information content (AvgIpc) is 3.19. The van der Waals surface area contributed by atoms with Crippen molar-refractivity contribution in [2.45, 2.75) is 44.8 Å². The third-order valence-corrected chi connectivity index (χ3v) is 5.01. The van der Waals surface area contributed by atoms with E-state index in [4.69, 9.17) is 4.74 Å². The van der Waals surface area contributed by atoms with Gasteiger partial charge in [-0.3, -0.25) is 9.69 Å². The van der Waals surface area contributed by atoms with E-state index in [1.54, 1.807) is 6.07 Å². The highest BCUT2D eigenvalue weighted by atomic mass is 19.2. The van der Waals surface area contributed by atoms with Gasteiger partial charge in [-0.1, -0.05) is 6.07 Å². The maximum absolute atomic E-state index is 13.7. The van der Waals surface area contributed by atoms with Crippen LogP contribution in [0.4, 0.5) is 8.78 Å². The molecule has 3 atom stereocenters. The summed E-state index contributed by atoms with van der Waals surface area (Å²) in [4.78, 5) is 14.7. The number of hydrogen-bond acceptors (Lipinski definition) is 3. The molecular weight excluding hydrogens is 314 g/mol. The molecule has 1 aromatic rings. The van der Waals surface area contributed by atoms with E-state index in [0.717, 1.165) is 25.5 Å². The van der Waals surface area contributed by atoms with Crippen LogP contribution < -0.4 is 5.32 Å². The monoisotopic (exact) mass is 338 g/mol. The summed E-state index contributed by atoms with van der Waals surface area (Å²) in [7, 11) is 0. The van der Waals surface area contributed by atoms with Crippen molar-refractivity contribution >= 4 is 5.91 Å². The topological polar surface area (TPSA) is 41.6 Å². The van der Waals surface area contributed by atoms with Crippen LogP contribution in [0.5, 0.6) is 0 Å². The fourth-order valence-corrected chi connectivity index (χ4v) is 3.71. The van der Waals surface area contributed by atoms with Crippen molar-refractivity contribution in [3.63, 3.8) is 0 Å². The van der Waals surface area contributed by atoms with Gasteiger partial charge in [-0.25, -0.2) is 8.78 Å². The zero-order valence-electron chi connectivity index (χ0n) is 14.1. The molecule has 0 spiro atoms. The molecule has 1 aromatic carbocycles. The third kappa shape index (κ3) is 3.44. The average molecular weight is 338 g/mol. The van der Waals surface area contributed by atoms with Crippen molar-refractivity contribution in [3.8, 4) is 0 Å². The second-order valence-corrected chi connectivity index (χ2v) is 6.91. The Kier molecular flexibility index (Phi) is 5.15. The molecule has 3 rings (SSSR count). The van der Waals surface area contributed by atoms with Crippen LogP contribution >= 0.6 is 0 Å². The number of likely N-dealkylation sites (tertiary alicyclic amines) is 1. The van der Waals surface area contributed by atoms with Crippen LogP contribution in [0.15, 0.2) is 18.2 Å². The molecule has 4 nitrogen and oxygen atoms in total. The normalized spacial score (nSPS) is 27.8. The summed E-state index contributed by atoms with van der Waals surface area (Å²) >= 11 is 0. The van der Waals surface area contributed by atoms with E-state index in [1.165, 1.54) is 6.07 Å². The van der Waals surface area contributed by atoms with Gasteiger partial charge in [0.05, 0.1) is 18.6 Å². The summed E-state index contributed by atoms with van der Waals surface area (Å²) in [6.45, 7) is 6.03. The number of hydrogen-bond donors (Lipinski definition) is 1. The fourth-order valence-electron chi connectivity index (χ4n) is 3.71. The smallest absolute Gasteiger partial charge is 0.225 e. The number of amides is 1. The van der Waals surface area contributed by atoms with E-state index in [0.29, 0.717) is 18.8 Å². The van der Waals surface area contributed by atoms with Crippen LogP contribution in [0.25, 0.3) is 0 Å². The van der Waals surface area contributed by atoms with Crippen molar-refractivity contribution in [2.24, 2.45) is 5.92 Å². The number of halogens is 2. The van der Waals surface area contributed by atoms with E-state index in [9.17, 15) is 13.6 Å². The number of rotatable bonds is 4. The summed E-state index contributed by atoms with van der Waals surface area (Å²) in [5, 5.41) is 3.11. The molecule has 0 aliphatic carbocycles. The van der Waals surface area contributed by atoms with Crippen molar-refractivity contribution in [1.29, 1.82) is 0 Å². The third-order valence-electron chi connectivity index (χ3n) is 5.01. The molecule has 2 fully saturated rings. The van der Waals surface area contributed by atoms with Gasteiger partial charge in [0.25, 0.3) is 0 Å². The Morgan fingerprint density at radius 1 is 1.29 bits per heavy atom. The first-order valence-electron chi connectivity index (χ1n) is 8.56. The Morgan fingerprint density at radius 3 is 2.71 bits per heavy atom. The Morgan fingerprint density at radius 2 is 2.08 bits per heavy atom. The van der Waals surface area contributed by atoms with Gasteiger partial charge in [-0.15, -0.1) is 0 Å². The molecule has 0 bridgehead atoms. The van der Waals surface area contributed by atoms with Gasteiger partial charge in [0.1, 0.15) is 0 Å². The standard InChI is InChI=1S/C18H24F2N2O2/c1-11(2)22-7-5-16(21-18(23)13-6-8-24-10-13)17(22)12-3-4-14(19)15(20)9-12/h3-4,9,11,13,16-17H,5-8,10H2,1-2H3,(H,21,23). The second kappa shape index (κ2) is 7.15. The summed E-state index contributed by atoms with van der Waals surface area (Å²) < 4.78 is 32.3. The minimum Gasteiger partial charge on any atom is -0.381 e. The Hall–Kier alpha value is -1.53. The highest BCUT2D eigenvalue weighted by molar-refractivity contribution is 5.79. The molecule has 2 heterocycles. The van der Waals surface area contributed by atoms with Gasteiger partial charge in [-0.05, 0) is 44.4 Å². The summed E-state index contributed by atoms with van der Waals surface area (Å²) in [5.74, 6) is -1.81. The fraction of sp³-hybridized carbons (Fsp3) is 0.611. The summed E-state index contributed by atoms with van der Waals surface area (Å²) in [5.41, 5.74) is 0.702. The van der Waals surface area contributed by atoms with Crippen molar-refractivity contribution < 1.29 is 18.3 Å². The van der Waals surface area contributed by atoms with Gasteiger partial charge in [0.15, 0.2) is 11.6 Å². The summed E-state index contributed by atoms with van der Waals surface area (Å²) in [6.07, 6.45) is 1.53. The Balaban J connectivity index is 1.81.